The molecule has 0 bridgehead atoms. The Morgan fingerprint density at radius 1 is 1.61 bits per heavy atom. The van der Waals surface area contributed by atoms with Gasteiger partial charge in [-0.25, -0.2) is 0 Å². The number of carbonyl (C=O) groups excluding carboxylic acids is 1. The average molecular weight is 300 g/mol. The quantitative estimate of drug-likeness (QED) is 0.453. The van der Waals surface area contributed by atoms with Gasteiger partial charge in [0.2, 0.25) is 0 Å². The van der Waals surface area contributed by atoms with Gasteiger partial charge in [0, 0.05) is 24.9 Å². The lowest BCUT2D eigenvalue weighted by Crippen LogP contribution is -2.30. The van der Waals surface area contributed by atoms with Crippen molar-refractivity contribution in [1.29, 1.82) is 0 Å². The third kappa shape index (κ3) is 2.33. The van der Waals surface area contributed by atoms with E-state index in [0.717, 1.165) is 22.2 Å². The summed E-state index contributed by atoms with van der Waals surface area (Å²) in [5, 5.41) is 1.09. The van der Waals surface area contributed by atoms with Crippen molar-refractivity contribution < 1.29 is 4.79 Å². The van der Waals surface area contributed by atoms with Crippen LogP contribution in [0.1, 0.15) is 13.8 Å². The average Bonchev–Trinajstić information content (AvgIpc) is 2.84. The standard InChI is InChI=1S/C12H16N2OS3/c1-4-6-14-10(15)9(18-12(14)16)11-13(5-2)8(3)7-17-11/h4,8H,1,5-7H2,2-3H3. The van der Waals surface area contributed by atoms with Gasteiger partial charge in [-0.15, -0.1) is 18.3 Å². The van der Waals surface area contributed by atoms with E-state index < -0.39 is 0 Å². The molecular weight excluding hydrogens is 284 g/mol. The Morgan fingerprint density at radius 3 is 2.94 bits per heavy atom. The van der Waals surface area contributed by atoms with Crippen molar-refractivity contribution in [2.45, 2.75) is 19.9 Å². The van der Waals surface area contributed by atoms with Gasteiger partial charge in [-0.05, 0) is 13.8 Å². The monoisotopic (exact) mass is 300 g/mol. The Kier molecular flexibility index (Phi) is 4.40. The van der Waals surface area contributed by atoms with Crippen LogP contribution in [0.25, 0.3) is 0 Å². The van der Waals surface area contributed by atoms with Crippen LogP contribution in [0.15, 0.2) is 22.6 Å². The van der Waals surface area contributed by atoms with Gasteiger partial charge in [0.1, 0.15) is 9.23 Å². The van der Waals surface area contributed by atoms with Crippen molar-refractivity contribution in [3.05, 3.63) is 22.6 Å². The second-order valence-electron chi connectivity index (χ2n) is 4.15. The number of amides is 1. The normalized spacial score (nSPS) is 28.4. The highest BCUT2D eigenvalue weighted by Gasteiger charge is 2.38. The molecule has 0 aromatic rings. The van der Waals surface area contributed by atoms with Crippen LogP contribution in [0, 0.1) is 0 Å². The Labute approximate surface area is 122 Å². The van der Waals surface area contributed by atoms with E-state index in [1.807, 2.05) is 0 Å². The molecular formula is C12H16N2OS3. The maximum atomic E-state index is 12.3. The molecule has 6 heteroatoms. The lowest BCUT2D eigenvalue weighted by atomic mass is 10.3. The summed E-state index contributed by atoms with van der Waals surface area (Å²) < 4.78 is 0.638. The Balaban J connectivity index is 2.31. The minimum atomic E-state index is 0.0277. The highest BCUT2D eigenvalue weighted by atomic mass is 32.2. The number of hydrogen-bond donors (Lipinski definition) is 0. The Bertz CT molecular complexity index is 433. The van der Waals surface area contributed by atoms with Crippen molar-refractivity contribution in [2.24, 2.45) is 0 Å². The summed E-state index contributed by atoms with van der Waals surface area (Å²) in [7, 11) is 0. The van der Waals surface area contributed by atoms with E-state index in [1.165, 1.54) is 11.8 Å². The molecule has 2 aliphatic heterocycles. The van der Waals surface area contributed by atoms with E-state index in [0.29, 0.717) is 16.9 Å². The molecule has 2 fully saturated rings. The molecule has 1 atom stereocenters. The van der Waals surface area contributed by atoms with Gasteiger partial charge in [-0.3, -0.25) is 9.69 Å². The van der Waals surface area contributed by atoms with Crippen LogP contribution >= 0.6 is 35.7 Å². The molecule has 1 unspecified atom stereocenters. The molecule has 1 amide bonds. The predicted molar refractivity (Wildman–Crippen MR) is 83.4 cm³/mol. The van der Waals surface area contributed by atoms with E-state index >= 15 is 0 Å². The van der Waals surface area contributed by atoms with Crippen LogP contribution in [-0.2, 0) is 4.79 Å². The van der Waals surface area contributed by atoms with Crippen molar-refractivity contribution in [1.82, 2.24) is 9.80 Å². The van der Waals surface area contributed by atoms with E-state index in [-0.39, 0.29) is 5.91 Å². The Morgan fingerprint density at radius 2 is 2.33 bits per heavy atom. The first-order valence-electron chi connectivity index (χ1n) is 5.88. The number of rotatable bonds is 3. The lowest BCUT2D eigenvalue weighted by molar-refractivity contribution is -0.121. The highest BCUT2D eigenvalue weighted by molar-refractivity contribution is 8.27. The number of carbonyl (C=O) groups is 1. The van der Waals surface area contributed by atoms with Gasteiger partial charge in [0.15, 0.2) is 0 Å². The Hall–Kier alpha value is -0.460. The van der Waals surface area contributed by atoms with Crippen molar-refractivity contribution in [3.8, 4) is 0 Å². The second-order valence-corrected chi connectivity index (χ2v) is 6.81. The minimum Gasteiger partial charge on any atom is -0.362 e. The fraction of sp³-hybridized carbons (Fsp3) is 0.500. The minimum absolute atomic E-state index is 0.0277. The van der Waals surface area contributed by atoms with Gasteiger partial charge in [0.25, 0.3) is 5.91 Å². The molecule has 2 aliphatic rings. The zero-order chi connectivity index (χ0) is 13.3. The fourth-order valence-electron chi connectivity index (χ4n) is 2.04. The maximum absolute atomic E-state index is 12.3. The highest BCUT2D eigenvalue weighted by Crippen LogP contribution is 2.42. The molecule has 0 aromatic carbocycles. The summed E-state index contributed by atoms with van der Waals surface area (Å²) in [6, 6.07) is 0.484. The maximum Gasteiger partial charge on any atom is 0.269 e. The fourth-order valence-corrected chi connectivity index (χ4v) is 4.86. The van der Waals surface area contributed by atoms with E-state index in [9.17, 15) is 4.79 Å². The van der Waals surface area contributed by atoms with Crippen molar-refractivity contribution >= 4 is 46.0 Å². The molecule has 0 radical (unpaired) electrons. The van der Waals surface area contributed by atoms with Crippen molar-refractivity contribution in [3.63, 3.8) is 0 Å². The van der Waals surface area contributed by atoms with Gasteiger partial charge >= 0.3 is 0 Å². The van der Waals surface area contributed by atoms with E-state index in [2.05, 4.69) is 25.3 Å². The molecule has 0 spiro atoms. The number of nitrogens with zero attached hydrogens (tertiary/aromatic N) is 2. The zero-order valence-corrected chi connectivity index (χ0v) is 13.0. The first-order valence-corrected chi connectivity index (χ1v) is 8.09. The molecule has 2 rings (SSSR count). The molecule has 3 nitrogen and oxygen atoms in total. The van der Waals surface area contributed by atoms with Crippen LogP contribution in [0.4, 0.5) is 0 Å². The molecule has 2 heterocycles. The second kappa shape index (κ2) is 5.67. The first-order chi connectivity index (χ1) is 8.60. The van der Waals surface area contributed by atoms with Crippen LogP contribution in [0.3, 0.4) is 0 Å². The van der Waals surface area contributed by atoms with Crippen molar-refractivity contribution in [2.75, 3.05) is 18.8 Å². The summed E-state index contributed by atoms with van der Waals surface area (Å²) in [5.74, 6) is 1.06. The molecule has 0 aliphatic carbocycles. The number of thioether (sulfide) groups is 2. The van der Waals surface area contributed by atoms with Gasteiger partial charge in [0.05, 0.1) is 5.03 Å². The zero-order valence-electron chi connectivity index (χ0n) is 10.5. The number of thiocarbonyl (C=S) groups is 1. The summed E-state index contributed by atoms with van der Waals surface area (Å²) in [5.41, 5.74) is 0. The molecule has 0 N–H and O–H groups in total. The molecule has 18 heavy (non-hydrogen) atoms. The van der Waals surface area contributed by atoms with Crippen LogP contribution in [0.2, 0.25) is 0 Å². The predicted octanol–water partition coefficient (Wildman–Crippen LogP) is 2.66. The SMILES string of the molecule is C=CCN1C(=O)C(=C2SCC(C)N2CC)SC1=S. The smallest absolute Gasteiger partial charge is 0.269 e. The summed E-state index contributed by atoms with van der Waals surface area (Å²) >= 11 is 8.43. The largest absolute Gasteiger partial charge is 0.362 e. The van der Waals surface area contributed by atoms with Crippen LogP contribution in [0.5, 0.6) is 0 Å². The summed E-state index contributed by atoms with van der Waals surface area (Å²) in [6.07, 6.45) is 1.71. The van der Waals surface area contributed by atoms with E-state index in [1.54, 1.807) is 22.7 Å². The molecule has 0 aromatic heterocycles. The van der Waals surface area contributed by atoms with E-state index in [4.69, 9.17) is 12.2 Å². The molecule has 98 valence electrons. The van der Waals surface area contributed by atoms with Crippen LogP contribution in [-0.4, -0.2) is 44.9 Å². The van der Waals surface area contributed by atoms with Crippen LogP contribution < -0.4 is 0 Å². The summed E-state index contributed by atoms with van der Waals surface area (Å²) in [4.78, 5) is 17.0. The number of hydrogen-bond acceptors (Lipinski definition) is 5. The van der Waals surface area contributed by atoms with Gasteiger partial charge in [-0.1, -0.05) is 30.1 Å². The lowest BCUT2D eigenvalue weighted by Gasteiger charge is -2.22. The summed E-state index contributed by atoms with van der Waals surface area (Å²) in [6.45, 7) is 9.39. The molecule has 0 saturated carbocycles. The third-order valence-corrected chi connectivity index (χ3v) is 5.88. The topological polar surface area (TPSA) is 23.6 Å². The van der Waals surface area contributed by atoms with Gasteiger partial charge in [-0.2, -0.15) is 0 Å². The molecule has 2 saturated heterocycles. The first kappa shape index (κ1) is 14.0. The van der Waals surface area contributed by atoms with Gasteiger partial charge < -0.3 is 4.90 Å². The third-order valence-electron chi connectivity index (χ3n) is 2.95.